The predicted octanol–water partition coefficient (Wildman–Crippen LogP) is 2.07. The molecule has 0 aliphatic rings. The molecule has 3 heteroatoms. The van der Waals surface area contributed by atoms with Crippen LogP contribution < -0.4 is 17.0 Å². The van der Waals surface area contributed by atoms with Gasteiger partial charge in [0.25, 0.3) is 0 Å². The summed E-state index contributed by atoms with van der Waals surface area (Å²) in [7, 11) is 0. The van der Waals surface area contributed by atoms with Crippen LogP contribution in [0.15, 0.2) is 18.2 Å². The molecule has 0 spiro atoms. The van der Waals surface area contributed by atoms with E-state index in [9.17, 15) is 0 Å². The van der Waals surface area contributed by atoms with Gasteiger partial charge in [-0.2, -0.15) is 0 Å². The van der Waals surface area contributed by atoms with Crippen LogP contribution in [0.2, 0.25) is 0 Å². The summed E-state index contributed by atoms with van der Waals surface area (Å²) in [6.07, 6.45) is 1.12. The first-order valence-electron chi connectivity index (χ1n) is 4.55. The Kier molecular flexibility index (Phi) is 3.14. The predicted molar refractivity (Wildman–Crippen MR) is 57.4 cm³/mol. The first kappa shape index (κ1) is 9.86. The van der Waals surface area contributed by atoms with Crippen LogP contribution in [0.5, 0.6) is 0 Å². The second-order valence-electron chi connectivity index (χ2n) is 3.30. The molecule has 3 nitrogen and oxygen atoms in total. The van der Waals surface area contributed by atoms with Gasteiger partial charge in [-0.1, -0.05) is 19.9 Å². The van der Waals surface area contributed by atoms with Crippen molar-refractivity contribution in [3.05, 3.63) is 23.8 Å². The fourth-order valence-corrected chi connectivity index (χ4v) is 1.25. The van der Waals surface area contributed by atoms with Crippen LogP contribution in [0.3, 0.4) is 0 Å². The second-order valence-corrected chi connectivity index (χ2v) is 3.30. The maximum Gasteiger partial charge on any atom is 0.0716 e. The molecule has 1 atom stereocenters. The zero-order chi connectivity index (χ0) is 9.84. The van der Waals surface area contributed by atoms with Crippen molar-refractivity contribution in [2.45, 2.75) is 26.2 Å². The van der Waals surface area contributed by atoms with E-state index < -0.39 is 0 Å². The number of nitrogen functional groups attached to an aromatic ring is 2. The highest BCUT2D eigenvalue weighted by Crippen LogP contribution is 2.25. The van der Waals surface area contributed by atoms with Gasteiger partial charge in [-0.25, -0.2) is 0 Å². The number of hydrogen-bond acceptors (Lipinski definition) is 3. The van der Waals surface area contributed by atoms with Crippen molar-refractivity contribution in [3.8, 4) is 0 Å². The van der Waals surface area contributed by atoms with Gasteiger partial charge >= 0.3 is 0 Å². The summed E-state index contributed by atoms with van der Waals surface area (Å²) >= 11 is 0. The Morgan fingerprint density at radius 1 is 1.46 bits per heavy atom. The van der Waals surface area contributed by atoms with Gasteiger partial charge in [-0.3, -0.25) is 5.84 Å². The molecule has 1 aromatic carbocycles. The van der Waals surface area contributed by atoms with E-state index in [0.717, 1.165) is 12.1 Å². The monoisotopic (exact) mass is 179 g/mol. The minimum absolute atomic E-state index is 0.550. The highest BCUT2D eigenvalue weighted by atomic mass is 15.2. The molecule has 0 radical (unpaired) electrons. The fourth-order valence-electron chi connectivity index (χ4n) is 1.25. The van der Waals surface area contributed by atoms with Gasteiger partial charge < -0.3 is 11.2 Å². The summed E-state index contributed by atoms with van der Waals surface area (Å²) in [4.78, 5) is 0. The van der Waals surface area contributed by atoms with Crippen LogP contribution >= 0.6 is 0 Å². The van der Waals surface area contributed by atoms with Crippen LogP contribution in [0.4, 0.5) is 11.4 Å². The number of rotatable bonds is 3. The maximum atomic E-state index is 5.78. The number of hydrazine groups is 1. The van der Waals surface area contributed by atoms with E-state index in [4.69, 9.17) is 11.6 Å². The van der Waals surface area contributed by atoms with E-state index in [1.807, 2.05) is 12.1 Å². The van der Waals surface area contributed by atoms with Gasteiger partial charge in [0.1, 0.15) is 0 Å². The molecular weight excluding hydrogens is 162 g/mol. The van der Waals surface area contributed by atoms with E-state index in [0.29, 0.717) is 11.6 Å². The summed E-state index contributed by atoms with van der Waals surface area (Å²) in [5.41, 5.74) is 11.1. The fraction of sp³-hybridized carbons (Fsp3) is 0.400. The zero-order valence-corrected chi connectivity index (χ0v) is 8.17. The van der Waals surface area contributed by atoms with Gasteiger partial charge in [0, 0.05) is 0 Å². The number of nitrogens with two attached hydrogens (primary N) is 2. The molecule has 0 aromatic heterocycles. The largest absolute Gasteiger partial charge is 0.397 e. The first-order chi connectivity index (χ1) is 6.19. The summed E-state index contributed by atoms with van der Waals surface area (Å²) in [5, 5.41) is 0. The van der Waals surface area contributed by atoms with Crippen molar-refractivity contribution < 1.29 is 0 Å². The third-order valence-corrected chi connectivity index (χ3v) is 2.41. The number of anilines is 2. The van der Waals surface area contributed by atoms with Crippen LogP contribution in [0, 0.1) is 0 Å². The Bertz CT molecular complexity index is 283. The molecule has 0 heterocycles. The topological polar surface area (TPSA) is 64.1 Å². The second kappa shape index (κ2) is 4.14. The lowest BCUT2D eigenvalue weighted by molar-refractivity contribution is 0.734. The molecule has 0 aliphatic carbocycles. The third-order valence-electron chi connectivity index (χ3n) is 2.41. The zero-order valence-electron chi connectivity index (χ0n) is 8.17. The molecule has 0 saturated carbocycles. The van der Waals surface area contributed by atoms with Crippen molar-refractivity contribution >= 4 is 11.4 Å². The van der Waals surface area contributed by atoms with Crippen molar-refractivity contribution in [3.63, 3.8) is 0 Å². The standard InChI is InChI=1S/C10H17N3/c1-3-7(2)8-4-5-10(13-12)9(11)6-8/h4-7,13H,3,11-12H2,1-2H3. The van der Waals surface area contributed by atoms with Crippen LogP contribution in [0.1, 0.15) is 31.7 Å². The molecule has 13 heavy (non-hydrogen) atoms. The van der Waals surface area contributed by atoms with Crippen molar-refractivity contribution in [1.29, 1.82) is 0 Å². The van der Waals surface area contributed by atoms with Crippen molar-refractivity contribution in [2.24, 2.45) is 5.84 Å². The summed E-state index contributed by atoms with van der Waals surface area (Å²) in [6, 6.07) is 5.94. The van der Waals surface area contributed by atoms with Crippen molar-refractivity contribution in [1.82, 2.24) is 0 Å². The SMILES string of the molecule is CCC(C)c1ccc(NN)c(N)c1. The summed E-state index contributed by atoms with van der Waals surface area (Å²) < 4.78 is 0. The number of hydrogen-bond donors (Lipinski definition) is 3. The molecular formula is C10H17N3. The van der Waals surface area contributed by atoms with Crippen molar-refractivity contribution in [2.75, 3.05) is 11.2 Å². The Labute approximate surface area is 79.1 Å². The van der Waals surface area contributed by atoms with Crippen LogP contribution in [-0.2, 0) is 0 Å². The van der Waals surface area contributed by atoms with E-state index >= 15 is 0 Å². The Balaban J connectivity index is 2.95. The molecule has 0 fully saturated rings. The van der Waals surface area contributed by atoms with Crippen LogP contribution in [-0.4, -0.2) is 0 Å². The molecule has 72 valence electrons. The highest BCUT2D eigenvalue weighted by molar-refractivity contribution is 5.66. The third kappa shape index (κ3) is 2.12. The lowest BCUT2D eigenvalue weighted by atomic mass is 9.98. The van der Waals surface area contributed by atoms with Gasteiger partial charge in [0.05, 0.1) is 11.4 Å². The Hall–Kier alpha value is -1.22. The highest BCUT2D eigenvalue weighted by Gasteiger charge is 2.04. The minimum atomic E-state index is 0.550. The molecule has 0 amide bonds. The summed E-state index contributed by atoms with van der Waals surface area (Å²) in [6.45, 7) is 4.35. The number of benzene rings is 1. The molecule has 0 aliphatic heterocycles. The lowest BCUT2D eigenvalue weighted by Crippen LogP contribution is -2.09. The summed E-state index contributed by atoms with van der Waals surface area (Å²) in [5.74, 6) is 5.83. The van der Waals surface area contributed by atoms with E-state index in [-0.39, 0.29) is 0 Å². The Morgan fingerprint density at radius 3 is 2.62 bits per heavy atom. The maximum absolute atomic E-state index is 5.78. The molecule has 1 rings (SSSR count). The average molecular weight is 179 g/mol. The van der Waals surface area contributed by atoms with Gasteiger partial charge in [0.2, 0.25) is 0 Å². The quantitative estimate of drug-likeness (QED) is 0.378. The first-order valence-corrected chi connectivity index (χ1v) is 4.55. The normalized spacial score (nSPS) is 12.5. The van der Waals surface area contributed by atoms with E-state index in [1.165, 1.54) is 5.56 Å². The smallest absolute Gasteiger partial charge is 0.0716 e. The minimum Gasteiger partial charge on any atom is -0.397 e. The molecule has 5 N–H and O–H groups in total. The Morgan fingerprint density at radius 2 is 2.15 bits per heavy atom. The van der Waals surface area contributed by atoms with Gasteiger partial charge in [-0.05, 0) is 30.0 Å². The van der Waals surface area contributed by atoms with Gasteiger partial charge in [-0.15, -0.1) is 0 Å². The average Bonchev–Trinajstić information content (AvgIpc) is 2.16. The van der Waals surface area contributed by atoms with E-state index in [2.05, 4.69) is 25.3 Å². The van der Waals surface area contributed by atoms with Crippen LogP contribution in [0.25, 0.3) is 0 Å². The number of nitrogens with one attached hydrogen (secondary N) is 1. The molecule has 1 unspecified atom stereocenters. The lowest BCUT2D eigenvalue weighted by Gasteiger charge is -2.11. The molecule has 0 saturated heterocycles. The molecule has 1 aromatic rings. The van der Waals surface area contributed by atoms with E-state index in [1.54, 1.807) is 0 Å². The molecule has 0 bridgehead atoms. The van der Waals surface area contributed by atoms with Gasteiger partial charge in [0.15, 0.2) is 0 Å².